The molecule has 0 saturated heterocycles. The Kier molecular flexibility index (Phi) is 4.00. The number of imidazole rings is 1. The SMILES string of the molecule is O=c1oc2ccccc2c(O)c1C=NCCCn1ccnc1. The van der Waals surface area contributed by atoms with Gasteiger partial charge in [0.1, 0.15) is 16.9 Å². The van der Waals surface area contributed by atoms with Crippen LogP contribution in [0.2, 0.25) is 0 Å². The first-order valence-electron chi connectivity index (χ1n) is 6.96. The van der Waals surface area contributed by atoms with Gasteiger partial charge in [0.05, 0.1) is 11.7 Å². The number of hydrogen-bond donors (Lipinski definition) is 1. The largest absolute Gasteiger partial charge is 0.506 e. The Bertz CT molecular complexity index is 851. The first-order valence-corrected chi connectivity index (χ1v) is 6.96. The maximum atomic E-state index is 11.9. The molecule has 0 unspecified atom stereocenters. The fourth-order valence-electron chi connectivity index (χ4n) is 2.18. The van der Waals surface area contributed by atoms with Gasteiger partial charge in [-0.2, -0.15) is 0 Å². The van der Waals surface area contributed by atoms with Gasteiger partial charge >= 0.3 is 5.63 Å². The smallest absolute Gasteiger partial charge is 0.348 e. The van der Waals surface area contributed by atoms with Gasteiger partial charge in [-0.3, -0.25) is 4.99 Å². The van der Waals surface area contributed by atoms with E-state index in [1.54, 1.807) is 36.8 Å². The quantitative estimate of drug-likeness (QED) is 0.445. The molecule has 2 aromatic heterocycles. The molecular weight excluding hydrogens is 282 g/mol. The summed E-state index contributed by atoms with van der Waals surface area (Å²) in [5.74, 6) is -0.0924. The van der Waals surface area contributed by atoms with Gasteiger partial charge < -0.3 is 14.1 Å². The minimum absolute atomic E-state index is 0.0846. The number of benzene rings is 1. The van der Waals surface area contributed by atoms with Crippen LogP contribution in [0.5, 0.6) is 5.75 Å². The van der Waals surface area contributed by atoms with Gasteiger partial charge in [-0.1, -0.05) is 12.1 Å². The normalized spacial score (nSPS) is 11.5. The lowest BCUT2D eigenvalue weighted by molar-refractivity contribution is 0.466. The lowest BCUT2D eigenvalue weighted by atomic mass is 10.1. The summed E-state index contributed by atoms with van der Waals surface area (Å²) >= 11 is 0. The molecule has 0 spiro atoms. The van der Waals surface area contributed by atoms with Crippen LogP contribution < -0.4 is 5.63 Å². The van der Waals surface area contributed by atoms with Crippen LogP contribution in [0.15, 0.2) is 57.2 Å². The van der Waals surface area contributed by atoms with Crippen LogP contribution in [0.4, 0.5) is 0 Å². The molecule has 0 bridgehead atoms. The summed E-state index contributed by atoms with van der Waals surface area (Å²) in [5.41, 5.74) is -0.141. The molecule has 6 nitrogen and oxygen atoms in total. The zero-order chi connectivity index (χ0) is 15.4. The van der Waals surface area contributed by atoms with Crippen molar-refractivity contribution in [1.82, 2.24) is 9.55 Å². The molecule has 0 saturated carbocycles. The van der Waals surface area contributed by atoms with Crippen molar-refractivity contribution in [1.29, 1.82) is 0 Å². The standard InChI is InChI=1S/C16H15N3O3/c20-15-12-4-1-2-5-14(12)22-16(21)13(15)10-17-6-3-8-19-9-7-18-11-19/h1-2,4-5,7,9-11,20H,3,6,8H2. The molecule has 112 valence electrons. The first-order chi connectivity index (χ1) is 10.8. The van der Waals surface area contributed by atoms with Gasteiger partial charge in [0.2, 0.25) is 0 Å². The summed E-state index contributed by atoms with van der Waals surface area (Å²) in [6.45, 7) is 1.35. The minimum Gasteiger partial charge on any atom is -0.506 e. The fraction of sp³-hybridized carbons (Fsp3) is 0.188. The molecule has 0 radical (unpaired) electrons. The predicted octanol–water partition coefficient (Wildman–Crippen LogP) is 2.20. The Balaban J connectivity index is 1.73. The van der Waals surface area contributed by atoms with Crippen molar-refractivity contribution < 1.29 is 9.52 Å². The Labute approximate surface area is 126 Å². The summed E-state index contributed by atoms with van der Waals surface area (Å²) < 4.78 is 7.13. The van der Waals surface area contributed by atoms with Gasteiger partial charge in [-0.05, 0) is 18.6 Å². The van der Waals surface area contributed by atoms with Crippen molar-refractivity contribution in [3.05, 3.63) is 59.0 Å². The number of fused-ring (bicyclic) bond motifs is 1. The second-order valence-corrected chi connectivity index (χ2v) is 4.84. The molecule has 0 aliphatic rings. The second kappa shape index (κ2) is 6.26. The van der Waals surface area contributed by atoms with Gasteiger partial charge in [0.25, 0.3) is 0 Å². The van der Waals surface area contributed by atoms with Crippen molar-refractivity contribution >= 4 is 17.2 Å². The molecular formula is C16H15N3O3. The monoisotopic (exact) mass is 297 g/mol. The Morgan fingerprint density at radius 2 is 2.23 bits per heavy atom. The zero-order valence-corrected chi connectivity index (χ0v) is 11.8. The first kappa shape index (κ1) is 14.1. The molecule has 6 heteroatoms. The van der Waals surface area contributed by atoms with E-state index in [1.165, 1.54) is 6.21 Å². The van der Waals surface area contributed by atoms with Gasteiger partial charge in [-0.25, -0.2) is 9.78 Å². The summed E-state index contributed by atoms with van der Waals surface area (Å²) in [6, 6.07) is 6.86. The molecule has 0 atom stereocenters. The third kappa shape index (κ3) is 2.90. The lowest BCUT2D eigenvalue weighted by Gasteiger charge is -2.02. The van der Waals surface area contributed by atoms with Gasteiger partial charge in [0, 0.05) is 31.7 Å². The second-order valence-electron chi connectivity index (χ2n) is 4.84. The number of aryl methyl sites for hydroxylation is 1. The molecule has 0 amide bonds. The molecule has 0 fully saturated rings. The minimum atomic E-state index is -0.588. The van der Waals surface area contributed by atoms with Crippen LogP contribution in [-0.4, -0.2) is 27.4 Å². The number of rotatable bonds is 5. The third-order valence-electron chi connectivity index (χ3n) is 3.30. The van der Waals surface area contributed by atoms with Crippen LogP contribution in [0.1, 0.15) is 12.0 Å². The average molecular weight is 297 g/mol. The highest BCUT2D eigenvalue weighted by Crippen LogP contribution is 2.24. The highest BCUT2D eigenvalue weighted by Gasteiger charge is 2.11. The van der Waals surface area contributed by atoms with Crippen molar-refractivity contribution in [2.45, 2.75) is 13.0 Å². The van der Waals surface area contributed by atoms with Gasteiger partial charge in [-0.15, -0.1) is 0 Å². The average Bonchev–Trinajstić information content (AvgIpc) is 3.03. The summed E-state index contributed by atoms with van der Waals surface area (Å²) in [4.78, 5) is 20.0. The Morgan fingerprint density at radius 3 is 3.05 bits per heavy atom. The molecule has 0 aliphatic heterocycles. The lowest BCUT2D eigenvalue weighted by Crippen LogP contribution is -2.07. The molecule has 1 aromatic carbocycles. The van der Waals surface area contributed by atoms with Crippen LogP contribution in [-0.2, 0) is 6.54 Å². The maximum Gasteiger partial charge on any atom is 0.348 e. The van der Waals surface area contributed by atoms with Crippen molar-refractivity contribution in [2.24, 2.45) is 4.99 Å². The Hall–Kier alpha value is -2.89. The maximum absolute atomic E-state index is 11.9. The van der Waals surface area contributed by atoms with Crippen LogP contribution in [0, 0.1) is 0 Å². The predicted molar refractivity (Wildman–Crippen MR) is 83.5 cm³/mol. The van der Waals surface area contributed by atoms with E-state index in [4.69, 9.17) is 4.42 Å². The molecule has 22 heavy (non-hydrogen) atoms. The van der Waals surface area contributed by atoms with E-state index in [0.717, 1.165) is 13.0 Å². The van der Waals surface area contributed by atoms with Crippen LogP contribution in [0.3, 0.4) is 0 Å². The van der Waals surface area contributed by atoms with Gasteiger partial charge in [0.15, 0.2) is 0 Å². The van der Waals surface area contributed by atoms with E-state index in [9.17, 15) is 9.90 Å². The van der Waals surface area contributed by atoms with E-state index in [2.05, 4.69) is 9.98 Å². The van der Waals surface area contributed by atoms with Crippen molar-refractivity contribution in [2.75, 3.05) is 6.54 Å². The zero-order valence-electron chi connectivity index (χ0n) is 11.8. The highest BCUT2D eigenvalue weighted by molar-refractivity contribution is 5.93. The summed E-state index contributed by atoms with van der Waals surface area (Å²) in [7, 11) is 0. The molecule has 1 N–H and O–H groups in total. The van der Waals surface area contributed by atoms with E-state index in [1.807, 2.05) is 10.8 Å². The van der Waals surface area contributed by atoms with Crippen LogP contribution >= 0.6 is 0 Å². The third-order valence-corrected chi connectivity index (χ3v) is 3.30. The number of aromatic hydroxyl groups is 1. The van der Waals surface area contributed by atoms with E-state index >= 15 is 0 Å². The van der Waals surface area contributed by atoms with Crippen LogP contribution in [0.25, 0.3) is 11.0 Å². The number of aromatic nitrogens is 2. The fourth-order valence-corrected chi connectivity index (χ4v) is 2.18. The summed E-state index contributed by atoms with van der Waals surface area (Å²) in [5, 5.41) is 10.7. The number of nitrogens with zero attached hydrogens (tertiary/aromatic N) is 3. The highest BCUT2D eigenvalue weighted by atomic mass is 16.4. The molecule has 2 heterocycles. The van der Waals surface area contributed by atoms with E-state index < -0.39 is 5.63 Å². The van der Waals surface area contributed by atoms with E-state index in [-0.39, 0.29) is 11.3 Å². The number of aliphatic imine (C=N–C) groups is 1. The number of hydrogen-bond acceptors (Lipinski definition) is 5. The molecule has 0 aliphatic carbocycles. The molecule has 3 rings (SSSR count). The van der Waals surface area contributed by atoms with E-state index in [0.29, 0.717) is 17.5 Å². The topological polar surface area (TPSA) is 80.6 Å². The molecule has 3 aromatic rings. The summed E-state index contributed by atoms with van der Waals surface area (Å²) in [6.07, 6.45) is 7.54. The Morgan fingerprint density at radius 1 is 1.36 bits per heavy atom. The van der Waals surface area contributed by atoms with Crippen molar-refractivity contribution in [3.63, 3.8) is 0 Å². The number of para-hydroxylation sites is 1. The van der Waals surface area contributed by atoms with Crippen molar-refractivity contribution in [3.8, 4) is 5.75 Å².